The molecule has 3 rings (SSSR count). The number of rotatable bonds is 4. The lowest BCUT2D eigenvalue weighted by Crippen LogP contribution is -2.56. The molecule has 138 valence electrons. The summed E-state index contributed by atoms with van der Waals surface area (Å²) < 4.78 is 66.9. The van der Waals surface area contributed by atoms with E-state index in [-0.39, 0.29) is 28.3 Å². The molecule has 2 heterocycles. The molecule has 2 aromatic rings. The Morgan fingerprint density at radius 2 is 1.88 bits per heavy atom. The average molecular weight is 372 g/mol. The summed E-state index contributed by atoms with van der Waals surface area (Å²) in [5.74, 6) is -3.04. The van der Waals surface area contributed by atoms with Crippen molar-refractivity contribution in [2.45, 2.75) is 12.3 Å². The first kappa shape index (κ1) is 17.9. The molecule has 0 aliphatic carbocycles. The fourth-order valence-electron chi connectivity index (χ4n) is 2.53. The number of hydrogen-bond acceptors (Lipinski definition) is 5. The molecular formula is C16H13F5N4O. The SMILES string of the molecule is N=C(c1ccnc(N2CC(F)(F)C2)c1)c1cc(OC(F)(F)F)ccc1N. The largest absolute Gasteiger partial charge is 0.573 e. The minimum atomic E-state index is -4.87. The maximum absolute atomic E-state index is 13.0. The van der Waals surface area contributed by atoms with Crippen molar-refractivity contribution in [3.63, 3.8) is 0 Å². The monoisotopic (exact) mass is 372 g/mol. The van der Waals surface area contributed by atoms with Crippen LogP contribution in [-0.2, 0) is 0 Å². The Morgan fingerprint density at radius 1 is 1.19 bits per heavy atom. The third kappa shape index (κ3) is 3.84. The summed E-state index contributed by atoms with van der Waals surface area (Å²) in [6.45, 7) is -0.957. The molecule has 0 spiro atoms. The smallest absolute Gasteiger partial charge is 0.406 e. The summed E-state index contributed by atoms with van der Waals surface area (Å²) >= 11 is 0. The Morgan fingerprint density at radius 3 is 2.50 bits per heavy atom. The van der Waals surface area contributed by atoms with E-state index in [2.05, 4.69) is 9.72 Å². The van der Waals surface area contributed by atoms with Crippen LogP contribution in [0.3, 0.4) is 0 Å². The van der Waals surface area contributed by atoms with E-state index in [1.54, 1.807) is 0 Å². The van der Waals surface area contributed by atoms with Crippen LogP contribution in [0.2, 0.25) is 0 Å². The summed E-state index contributed by atoms with van der Waals surface area (Å²) in [6.07, 6.45) is -3.54. The molecule has 1 aromatic heterocycles. The maximum Gasteiger partial charge on any atom is 0.573 e. The Kier molecular flexibility index (Phi) is 4.21. The zero-order chi connectivity index (χ0) is 19.1. The van der Waals surface area contributed by atoms with Crippen molar-refractivity contribution in [3.05, 3.63) is 47.7 Å². The van der Waals surface area contributed by atoms with E-state index in [0.29, 0.717) is 0 Å². The molecule has 10 heteroatoms. The first-order chi connectivity index (χ1) is 12.0. The van der Waals surface area contributed by atoms with E-state index >= 15 is 0 Å². The Labute approximate surface area is 144 Å². The highest BCUT2D eigenvalue weighted by molar-refractivity contribution is 6.14. The molecule has 1 aromatic carbocycles. The zero-order valence-electron chi connectivity index (χ0n) is 13.1. The number of ether oxygens (including phenoxy) is 1. The molecule has 0 bridgehead atoms. The molecule has 0 radical (unpaired) electrons. The molecule has 1 aliphatic rings. The number of anilines is 2. The molecule has 0 atom stereocenters. The van der Waals surface area contributed by atoms with Crippen LogP contribution in [0, 0.1) is 5.41 Å². The van der Waals surface area contributed by atoms with Crippen LogP contribution in [-0.4, -0.2) is 36.1 Å². The fourth-order valence-corrected chi connectivity index (χ4v) is 2.53. The van der Waals surface area contributed by atoms with Crippen LogP contribution >= 0.6 is 0 Å². The van der Waals surface area contributed by atoms with E-state index in [1.807, 2.05) is 0 Å². The lowest BCUT2D eigenvalue weighted by atomic mass is 10.0. The highest BCUT2D eigenvalue weighted by atomic mass is 19.4. The topological polar surface area (TPSA) is 75.2 Å². The number of alkyl halides is 5. The number of nitrogen functional groups attached to an aromatic ring is 1. The Balaban J connectivity index is 1.86. The van der Waals surface area contributed by atoms with Crippen LogP contribution in [0.15, 0.2) is 36.5 Å². The van der Waals surface area contributed by atoms with Gasteiger partial charge >= 0.3 is 6.36 Å². The van der Waals surface area contributed by atoms with Crippen LogP contribution < -0.4 is 15.4 Å². The van der Waals surface area contributed by atoms with Crippen molar-refractivity contribution in [2.75, 3.05) is 23.7 Å². The molecule has 3 N–H and O–H groups in total. The summed E-state index contributed by atoms with van der Waals surface area (Å²) in [6, 6.07) is 6.10. The minimum Gasteiger partial charge on any atom is -0.406 e. The van der Waals surface area contributed by atoms with Crippen molar-refractivity contribution in [3.8, 4) is 5.75 Å². The lowest BCUT2D eigenvalue weighted by Gasteiger charge is -2.39. The van der Waals surface area contributed by atoms with E-state index in [1.165, 1.54) is 29.3 Å². The first-order valence-corrected chi connectivity index (χ1v) is 7.37. The Hall–Kier alpha value is -2.91. The summed E-state index contributed by atoms with van der Waals surface area (Å²) in [4.78, 5) is 5.32. The van der Waals surface area contributed by atoms with Crippen molar-refractivity contribution >= 4 is 17.2 Å². The first-order valence-electron chi connectivity index (χ1n) is 7.37. The van der Waals surface area contributed by atoms with Crippen LogP contribution in [0.4, 0.5) is 33.5 Å². The normalized spacial score (nSPS) is 16.1. The van der Waals surface area contributed by atoms with Gasteiger partial charge in [-0.3, -0.25) is 5.41 Å². The number of halogens is 5. The second-order valence-electron chi connectivity index (χ2n) is 5.79. The second kappa shape index (κ2) is 6.11. The molecule has 1 aliphatic heterocycles. The van der Waals surface area contributed by atoms with Gasteiger partial charge in [-0.15, -0.1) is 13.2 Å². The second-order valence-corrected chi connectivity index (χ2v) is 5.79. The number of nitrogens with zero attached hydrogens (tertiary/aromatic N) is 2. The van der Waals surface area contributed by atoms with Crippen molar-refractivity contribution in [1.29, 1.82) is 5.41 Å². The molecule has 1 saturated heterocycles. The number of pyridine rings is 1. The van der Waals surface area contributed by atoms with Gasteiger partial charge in [-0.25, -0.2) is 13.8 Å². The van der Waals surface area contributed by atoms with Crippen molar-refractivity contribution in [2.24, 2.45) is 0 Å². The van der Waals surface area contributed by atoms with E-state index < -0.39 is 31.1 Å². The van der Waals surface area contributed by atoms with Gasteiger partial charge in [0.1, 0.15) is 11.6 Å². The van der Waals surface area contributed by atoms with Gasteiger partial charge in [0.2, 0.25) is 0 Å². The van der Waals surface area contributed by atoms with Crippen LogP contribution in [0.5, 0.6) is 5.75 Å². The standard InChI is InChI=1S/C16H13F5N4O/c17-15(18)7-25(8-15)13-5-9(3-4-24-13)14(23)11-6-10(1-2-12(11)22)26-16(19,20)21/h1-6,23H,7-8,22H2. The summed E-state index contributed by atoms with van der Waals surface area (Å²) in [5.41, 5.74) is 5.97. The molecule has 5 nitrogen and oxygen atoms in total. The van der Waals surface area contributed by atoms with E-state index in [9.17, 15) is 22.0 Å². The van der Waals surface area contributed by atoms with Gasteiger partial charge in [-0.1, -0.05) is 0 Å². The number of nitrogens with one attached hydrogen (secondary N) is 1. The number of aromatic nitrogens is 1. The minimum absolute atomic E-state index is 0.0258. The van der Waals surface area contributed by atoms with Gasteiger partial charge in [0.15, 0.2) is 0 Å². The fraction of sp³-hybridized carbons (Fsp3) is 0.250. The van der Waals surface area contributed by atoms with Crippen molar-refractivity contribution in [1.82, 2.24) is 4.98 Å². The van der Waals surface area contributed by atoms with Crippen LogP contribution in [0.25, 0.3) is 0 Å². The van der Waals surface area contributed by atoms with Crippen molar-refractivity contribution < 1.29 is 26.7 Å². The van der Waals surface area contributed by atoms with Gasteiger partial charge in [0, 0.05) is 23.0 Å². The van der Waals surface area contributed by atoms with Gasteiger partial charge in [0.05, 0.1) is 18.8 Å². The van der Waals surface area contributed by atoms with Crippen LogP contribution in [0.1, 0.15) is 11.1 Å². The molecule has 0 saturated carbocycles. The highest BCUT2D eigenvalue weighted by Gasteiger charge is 2.44. The van der Waals surface area contributed by atoms with Gasteiger partial charge in [-0.05, 0) is 30.3 Å². The molecule has 0 amide bonds. The molecule has 26 heavy (non-hydrogen) atoms. The number of hydrogen-bond donors (Lipinski definition) is 2. The zero-order valence-corrected chi connectivity index (χ0v) is 13.1. The quantitative estimate of drug-likeness (QED) is 0.490. The van der Waals surface area contributed by atoms with E-state index in [0.717, 1.165) is 12.1 Å². The summed E-state index contributed by atoms with van der Waals surface area (Å²) in [5, 5.41) is 8.22. The average Bonchev–Trinajstić information content (AvgIpc) is 2.52. The molecule has 0 unspecified atom stereocenters. The molecule has 1 fully saturated rings. The van der Waals surface area contributed by atoms with E-state index in [4.69, 9.17) is 11.1 Å². The van der Waals surface area contributed by atoms with Gasteiger partial charge in [-0.2, -0.15) is 0 Å². The number of benzene rings is 1. The maximum atomic E-state index is 13.0. The highest BCUT2D eigenvalue weighted by Crippen LogP contribution is 2.32. The molecular weight excluding hydrogens is 359 g/mol. The van der Waals surface area contributed by atoms with Gasteiger partial charge in [0.25, 0.3) is 5.92 Å². The third-order valence-electron chi connectivity index (χ3n) is 3.73. The number of nitrogens with two attached hydrogens (primary N) is 1. The predicted octanol–water partition coefficient (Wildman–Crippen LogP) is 3.43. The lowest BCUT2D eigenvalue weighted by molar-refractivity contribution is -0.274. The predicted molar refractivity (Wildman–Crippen MR) is 84.9 cm³/mol. The Bertz CT molecular complexity index is 845. The third-order valence-corrected chi connectivity index (χ3v) is 3.73. The van der Waals surface area contributed by atoms with Gasteiger partial charge < -0.3 is 15.4 Å². The summed E-state index contributed by atoms with van der Waals surface area (Å²) in [7, 11) is 0.